The van der Waals surface area contributed by atoms with Gasteiger partial charge in [-0.3, -0.25) is 9.59 Å². The number of ether oxygens (including phenoxy) is 2. The van der Waals surface area contributed by atoms with E-state index in [0.29, 0.717) is 12.8 Å². The number of aryl methyl sites for hydroxylation is 1. The number of aliphatic hydroxyl groups is 1. The number of Topliss-reactive ketones (excluding diaryl/α,β-unsaturated/α-hetero) is 1. The summed E-state index contributed by atoms with van der Waals surface area (Å²) in [6.45, 7) is 11.6. The number of allylic oxidation sites excluding steroid dienone is 3. The minimum Gasteiger partial charge on any atom is -0.481 e. The summed E-state index contributed by atoms with van der Waals surface area (Å²) in [4.78, 5) is 41.5. The van der Waals surface area contributed by atoms with E-state index in [1.165, 1.54) is 13.8 Å². The first kappa shape index (κ1) is 39.1. The quantitative estimate of drug-likeness (QED) is 0.0947. The Morgan fingerprint density at radius 2 is 1.79 bits per heavy atom. The van der Waals surface area contributed by atoms with E-state index in [0.717, 1.165) is 21.8 Å². The number of thiazole rings is 1. The van der Waals surface area contributed by atoms with Gasteiger partial charge < -0.3 is 25.4 Å². The number of hydrogen-bond donors (Lipinski definition) is 3. The second-order valence-corrected chi connectivity index (χ2v) is 14.9. The predicted octanol–water partition coefficient (Wildman–Crippen LogP) is 7.06. The van der Waals surface area contributed by atoms with Gasteiger partial charge in [0.25, 0.3) is 0 Å². The minimum absolute atomic E-state index is 0.174. The van der Waals surface area contributed by atoms with Crippen LogP contribution >= 0.6 is 46.1 Å². The second kappa shape index (κ2) is 17.5. The fourth-order valence-corrected chi connectivity index (χ4v) is 5.01. The van der Waals surface area contributed by atoms with Gasteiger partial charge >= 0.3 is 12.1 Å². The Hall–Kier alpha value is -1.95. The van der Waals surface area contributed by atoms with Crippen LogP contribution < -0.4 is 5.73 Å². The van der Waals surface area contributed by atoms with Crippen LogP contribution in [-0.2, 0) is 19.1 Å². The van der Waals surface area contributed by atoms with Crippen molar-refractivity contribution in [2.24, 2.45) is 23.0 Å². The molecule has 0 amide bonds. The number of halogens is 3. The summed E-state index contributed by atoms with van der Waals surface area (Å²) in [5.41, 5.74) is 7.80. The van der Waals surface area contributed by atoms with Gasteiger partial charge in [0, 0.05) is 11.4 Å². The fourth-order valence-electron chi connectivity index (χ4n) is 4.27. The highest BCUT2D eigenvalue weighted by Crippen LogP contribution is 2.33. The smallest absolute Gasteiger partial charge is 0.481 e. The van der Waals surface area contributed by atoms with Crippen molar-refractivity contribution in [1.29, 1.82) is 0 Å². The Morgan fingerprint density at radius 3 is 2.33 bits per heavy atom. The number of carbonyl (C=O) groups is 3. The molecule has 1 heterocycles. The summed E-state index contributed by atoms with van der Waals surface area (Å²) in [7, 11) is 0. The summed E-state index contributed by atoms with van der Waals surface area (Å²) < 4.78 is 8.59. The Balaban J connectivity index is 3.00. The number of carbonyl (C=O) groups excluding carboxylic acids is 2. The van der Waals surface area contributed by atoms with Gasteiger partial charge in [-0.05, 0) is 45.6 Å². The lowest BCUT2D eigenvalue weighted by Crippen LogP contribution is -2.46. The third-order valence-corrected chi connectivity index (χ3v) is 8.19. The van der Waals surface area contributed by atoms with Crippen LogP contribution in [0.5, 0.6) is 0 Å². The zero-order valence-electron chi connectivity index (χ0n) is 25.6. The number of carboxylic acid groups (broad SMARTS) is 1. The van der Waals surface area contributed by atoms with Crippen LogP contribution in [0.3, 0.4) is 0 Å². The van der Waals surface area contributed by atoms with Crippen molar-refractivity contribution in [1.82, 2.24) is 4.98 Å². The molecule has 0 saturated heterocycles. The van der Waals surface area contributed by atoms with Gasteiger partial charge in [0.15, 0.2) is 0 Å². The number of alkyl halides is 3. The summed E-state index contributed by atoms with van der Waals surface area (Å²) in [5.74, 6) is -3.02. The molecule has 0 bridgehead atoms. The van der Waals surface area contributed by atoms with E-state index in [1.54, 1.807) is 25.2 Å². The molecule has 1 aromatic heterocycles. The minimum atomic E-state index is -1.85. The standard InChI is InChI=1S/C30H43Cl3N2O7S/c1-17(11-12-23(34)19(3)13-22-15-43-21(5)35-22)9-8-10-18(2)26(42-28(40)41-16-30(31,32)33)20(4)27(39)29(6,7)24(36)14-25(37)38/h8-9,11,13,15,18,20,23-24,26,36H,10,12,14,16,34H2,1-7H3,(H,37,38)/t18-,20+,23-,24?,26?/m0/s1. The number of rotatable bonds is 16. The van der Waals surface area contributed by atoms with Crippen LogP contribution in [-0.4, -0.2) is 61.8 Å². The molecule has 0 aliphatic heterocycles. The first-order valence-corrected chi connectivity index (χ1v) is 15.8. The van der Waals surface area contributed by atoms with E-state index in [2.05, 4.69) is 4.98 Å². The predicted molar refractivity (Wildman–Crippen MR) is 172 cm³/mol. The lowest BCUT2D eigenvalue weighted by Gasteiger charge is -2.35. The zero-order chi connectivity index (χ0) is 33.1. The summed E-state index contributed by atoms with van der Waals surface area (Å²) in [5, 5.41) is 22.5. The molecule has 43 heavy (non-hydrogen) atoms. The third-order valence-electron chi connectivity index (χ3n) is 7.07. The first-order chi connectivity index (χ1) is 19.7. The van der Waals surface area contributed by atoms with Gasteiger partial charge in [-0.1, -0.05) is 91.9 Å². The Bertz CT molecular complexity index is 1190. The van der Waals surface area contributed by atoms with E-state index < -0.39 is 58.3 Å². The van der Waals surface area contributed by atoms with Crippen molar-refractivity contribution in [2.75, 3.05) is 6.61 Å². The number of carboxylic acids is 1. The highest BCUT2D eigenvalue weighted by molar-refractivity contribution is 7.09. The molecule has 5 atom stereocenters. The number of hydrogen-bond acceptors (Lipinski definition) is 9. The van der Waals surface area contributed by atoms with Crippen molar-refractivity contribution in [3.05, 3.63) is 45.5 Å². The molecule has 242 valence electrons. The van der Waals surface area contributed by atoms with Gasteiger partial charge in [-0.15, -0.1) is 11.3 Å². The number of aliphatic hydroxyl groups excluding tert-OH is 1. The molecule has 9 nitrogen and oxygen atoms in total. The zero-order valence-corrected chi connectivity index (χ0v) is 28.7. The van der Waals surface area contributed by atoms with Gasteiger partial charge in [0.2, 0.25) is 3.79 Å². The summed E-state index contributed by atoms with van der Waals surface area (Å²) in [6, 6.07) is -0.174. The number of aliphatic carboxylic acids is 1. The highest BCUT2D eigenvalue weighted by atomic mass is 35.6. The van der Waals surface area contributed by atoms with Gasteiger partial charge in [0.05, 0.1) is 34.6 Å². The van der Waals surface area contributed by atoms with E-state index in [4.69, 9.17) is 55.1 Å². The van der Waals surface area contributed by atoms with Crippen molar-refractivity contribution in [2.45, 2.75) is 89.8 Å². The van der Waals surface area contributed by atoms with Crippen LogP contribution in [0.15, 0.2) is 34.8 Å². The van der Waals surface area contributed by atoms with Crippen molar-refractivity contribution in [3.63, 3.8) is 0 Å². The lowest BCUT2D eigenvalue weighted by molar-refractivity contribution is -0.147. The van der Waals surface area contributed by atoms with Crippen molar-refractivity contribution < 1.29 is 34.1 Å². The maximum absolute atomic E-state index is 13.4. The molecule has 0 aliphatic carbocycles. The normalized spacial score (nSPS) is 16.8. The topological polar surface area (TPSA) is 149 Å². The third kappa shape index (κ3) is 14.1. The monoisotopic (exact) mass is 680 g/mol. The molecule has 0 spiro atoms. The van der Waals surface area contributed by atoms with Gasteiger partial charge in [0.1, 0.15) is 18.5 Å². The second-order valence-electron chi connectivity index (χ2n) is 11.3. The highest BCUT2D eigenvalue weighted by Gasteiger charge is 2.43. The summed E-state index contributed by atoms with van der Waals surface area (Å²) >= 11 is 18.6. The van der Waals surface area contributed by atoms with E-state index >= 15 is 0 Å². The molecule has 0 aliphatic rings. The molecule has 13 heteroatoms. The number of ketones is 1. The molecular weight excluding hydrogens is 639 g/mol. The van der Waals surface area contributed by atoms with E-state index in [1.807, 2.05) is 50.5 Å². The van der Waals surface area contributed by atoms with Crippen LogP contribution in [0.2, 0.25) is 0 Å². The van der Waals surface area contributed by atoms with E-state index in [9.17, 15) is 19.5 Å². The Morgan fingerprint density at radius 1 is 1.16 bits per heavy atom. The van der Waals surface area contributed by atoms with Gasteiger partial charge in [-0.25, -0.2) is 9.78 Å². The molecular formula is C30H43Cl3N2O7S. The molecule has 0 fully saturated rings. The maximum Gasteiger partial charge on any atom is 0.508 e. The van der Waals surface area contributed by atoms with Crippen molar-refractivity contribution in [3.8, 4) is 0 Å². The van der Waals surface area contributed by atoms with Crippen LogP contribution in [0, 0.1) is 24.2 Å². The fraction of sp³-hybridized carbons (Fsp3) is 0.600. The Kier molecular flexibility index (Phi) is 15.9. The first-order valence-electron chi connectivity index (χ1n) is 13.8. The van der Waals surface area contributed by atoms with Crippen LogP contribution in [0.25, 0.3) is 6.08 Å². The average molecular weight is 682 g/mol. The van der Waals surface area contributed by atoms with Crippen LogP contribution in [0.4, 0.5) is 4.79 Å². The van der Waals surface area contributed by atoms with Crippen molar-refractivity contribution >= 4 is 70.1 Å². The number of nitrogens with two attached hydrogens (primary N) is 1. The molecule has 2 unspecified atom stereocenters. The SMILES string of the molecule is CC(C=CC[C@H](C)C(OC(=O)OCC(Cl)(Cl)Cl)[C@@H](C)C(=O)C(C)(C)C(O)CC(=O)O)=CC[C@H](N)C(C)=Cc1csc(C)n1. The number of nitrogens with zero attached hydrogens (tertiary/aromatic N) is 1. The van der Waals surface area contributed by atoms with E-state index in [-0.39, 0.29) is 12.0 Å². The average Bonchev–Trinajstić information content (AvgIpc) is 3.31. The summed E-state index contributed by atoms with van der Waals surface area (Å²) in [6.07, 6.45) is 4.67. The molecule has 1 rings (SSSR count). The maximum atomic E-state index is 13.4. The molecule has 0 aromatic carbocycles. The lowest BCUT2D eigenvalue weighted by atomic mass is 9.73. The van der Waals surface area contributed by atoms with Gasteiger partial charge in [-0.2, -0.15) is 0 Å². The number of aromatic nitrogens is 1. The Labute approximate surface area is 273 Å². The molecule has 0 saturated carbocycles. The largest absolute Gasteiger partial charge is 0.508 e. The van der Waals surface area contributed by atoms with Crippen LogP contribution in [0.1, 0.15) is 71.5 Å². The molecule has 4 N–H and O–H groups in total. The molecule has 1 aromatic rings. The molecule has 0 radical (unpaired) electrons.